The lowest BCUT2D eigenvalue weighted by molar-refractivity contribution is -0.385. The minimum absolute atomic E-state index is 0.202. The SMILES string of the molecule is CC1=CC(=O)[C@@]2(O)O[C@H]3C[C@H]1[C@@]2(C)[C@H]1C(=O)OC[C@@]31[C@@H](CC(=O)O)[C@H](C)C(=O)O. The summed E-state index contributed by atoms with van der Waals surface area (Å²) in [7, 11) is 0. The first-order chi connectivity index (χ1) is 13.4. The van der Waals surface area contributed by atoms with Crippen LogP contribution in [0.15, 0.2) is 11.6 Å². The largest absolute Gasteiger partial charge is 0.481 e. The lowest BCUT2D eigenvalue weighted by atomic mass is 9.40. The Morgan fingerprint density at radius 1 is 1.31 bits per heavy atom. The second-order valence-corrected chi connectivity index (χ2v) is 9.06. The molecule has 3 heterocycles. The quantitative estimate of drug-likeness (QED) is 0.556. The van der Waals surface area contributed by atoms with Crippen LogP contribution in [0.5, 0.6) is 0 Å². The van der Waals surface area contributed by atoms with Crippen LogP contribution in [0.3, 0.4) is 0 Å². The molecule has 8 atom stereocenters. The predicted octanol–water partition coefficient (Wildman–Crippen LogP) is 0.600. The predicted molar refractivity (Wildman–Crippen MR) is 94.2 cm³/mol. The number of carboxylic acids is 2. The van der Waals surface area contributed by atoms with Crippen LogP contribution in [0, 0.1) is 34.5 Å². The van der Waals surface area contributed by atoms with Crippen molar-refractivity contribution in [2.45, 2.75) is 45.5 Å². The highest BCUT2D eigenvalue weighted by atomic mass is 16.6. The normalized spacial score (nSPS) is 44.6. The number of hydrogen-bond donors (Lipinski definition) is 3. The first kappa shape index (κ1) is 20.0. The van der Waals surface area contributed by atoms with Crippen molar-refractivity contribution in [2.24, 2.45) is 34.5 Å². The zero-order valence-electron chi connectivity index (χ0n) is 16.4. The van der Waals surface area contributed by atoms with Crippen LogP contribution in [0.2, 0.25) is 0 Å². The van der Waals surface area contributed by atoms with Crippen LogP contribution >= 0.6 is 0 Å². The molecule has 158 valence electrons. The summed E-state index contributed by atoms with van der Waals surface area (Å²) in [6.45, 7) is 4.55. The molecular weight excluding hydrogens is 384 g/mol. The van der Waals surface area contributed by atoms with Crippen molar-refractivity contribution < 1.29 is 44.0 Å². The van der Waals surface area contributed by atoms with E-state index in [0.717, 1.165) is 0 Å². The lowest BCUT2D eigenvalue weighted by Gasteiger charge is -2.68. The lowest BCUT2D eigenvalue weighted by Crippen LogP contribution is -2.78. The first-order valence-electron chi connectivity index (χ1n) is 9.65. The first-order valence-corrected chi connectivity index (χ1v) is 9.65. The van der Waals surface area contributed by atoms with Crippen LogP contribution in [0.1, 0.15) is 33.6 Å². The van der Waals surface area contributed by atoms with E-state index in [1.807, 2.05) is 0 Å². The molecule has 29 heavy (non-hydrogen) atoms. The number of carboxylic acid groups (broad SMARTS) is 2. The Hall–Kier alpha value is -2.26. The highest BCUT2D eigenvalue weighted by Crippen LogP contribution is 2.72. The summed E-state index contributed by atoms with van der Waals surface area (Å²) in [5.74, 6) is -9.44. The van der Waals surface area contributed by atoms with E-state index in [1.165, 1.54) is 13.0 Å². The van der Waals surface area contributed by atoms with Crippen LogP contribution in [-0.4, -0.2) is 57.5 Å². The molecule has 2 aliphatic carbocycles. The van der Waals surface area contributed by atoms with E-state index in [4.69, 9.17) is 9.47 Å². The van der Waals surface area contributed by atoms with Gasteiger partial charge in [-0.05, 0) is 31.3 Å². The number of ketones is 1. The molecule has 3 saturated heterocycles. The Bertz CT molecular complexity index is 862. The Kier molecular flexibility index (Phi) is 4.06. The van der Waals surface area contributed by atoms with Crippen LogP contribution in [0.4, 0.5) is 0 Å². The summed E-state index contributed by atoms with van der Waals surface area (Å²) in [4.78, 5) is 49.1. The molecule has 0 aromatic carbocycles. The smallest absolute Gasteiger partial charge is 0.310 e. The number of aliphatic hydroxyl groups is 1. The van der Waals surface area contributed by atoms with E-state index in [9.17, 15) is 34.5 Å². The van der Waals surface area contributed by atoms with E-state index in [-0.39, 0.29) is 12.5 Å². The second-order valence-electron chi connectivity index (χ2n) is 9.06. The fourth-order valence-corrected chi connectivity index (χ4v) is 6.61. The summed E-state index contributed by atoms with van der Waals surface area (Å²) >= 11 is 0. The molecule has 0 amide bonds. The third-order valence-electron chi connectivity index (χ3n) is 7.97. The second kappa shape index (κ2) is 5.89. The molecule has 0 spiro atoms. The van der Waals surface area contributed by atoms with Gasteiger partial charge >= 0.3 is 17.9 Å². The number of aliphatic carboxylic acids is 2. The fourth-order valence-electron chi connectivity index (χ4n) is 6.61. The minimum atomic E-state index is -2.24. The Morgan fingerprint density at radius 3 is 2.55 bits per heavy atom. The fraction of sp³-hybridized carbons (Fsp3) is 0.700. The molecule has 5 aliphatic rings. The molecular formula is C20H24O9. The van der Waals surface area contributed by atoms with E-state index >= 15 is 0 Å². The summed E-state index contributed by atoms with van der Waals surface area (Å²) in [5, 5.41) is 30.4. The average molecular weight is 408 g/mol. The molecule has 9 nitrogen and oxygen atoms in total. The maximum absolute atomic E-state index is 13.0. The van der Waals surface area contributed by atoms with Gasteiger partial charge in [0.2, 0.25) is 11.6 Å². The van der Waals surface area contributed by atoms with E-state index in [0.29, 0.717) is 12.0 Å². The standard InChI is InChI=1S/C20H24O9/c1-8-4-12(21)20(27)18(3)10(8)5-13(29-20)19(7-28-17(26)15(18)19)11(6-14(22)23)9(2)16(24)25/h4,9-11,13,15,27H,5-7H2,1-3H3,(H,22,23)(H,24,25)/t9-,10+,11-,13-,15+,18-,19+,20+/m0/s1. The summed E-state index contributed by atoms with van der Waals surface area (Å²) in [5.41, 5.74) is -1.94. The molecule has 0 radical (unpaired) electrons. The van der Waals surface area contributed by atoms with Crippen molar-refractivity contribution in [2.75, 3.05) is 6.61 Å². The topological polar surface area (TPSA) is 147 Å². The summed E-state index contributed by atoms with van der Waals surface area (Å²) < 4.78 is 11.3. The van der Waals surface area contributed by atoms with Crippen molar-refractivity contribution in [3.05, 3.63) is 11.6 Å². The van der Waals surface area contributed by atoms with Crippen LogP contribution < -0.4 is 0 Å². The van der Waals surface area contributed by atoms with Crippen molar-refractivity contribution in [3.63, 3.8) is 0 Å². The molecule has 4 bridgehead atoms. The summed E-state index contributed by atoms with van der Waals surface area (Å²) in [6, 6.07) is 0. The average Bonchev–Trinajstić information content (AvgIpc) is 2.99. The number of hydrogen-bond acceptors (Lipinski definition) is 7. The molecule has 4 fully saturated rings. The third kappa shape index (κ3) is 2.17. The molecule has 9 heteroatoms. The summed E-state index contributed by atoms with van der Waals surface area (Å²) in [6.07, 6.45) is 0.270. The molecule has 3 N–H and O–H groups in total. The molecule has 0 aromatic rings. The Balaban J connectivity index is 1.94. The molecule has 3 aliphatic heterocycles. The monoisotopic (exact) mass is 408 g/mol. The van der Waals surface area contributed by atoms with Gasteiger partial charge in [-0.2, -0.15) is 0 Å². The number of esters is 1. The number of cyclic esters (lactones) is 1. The van der Waals surface area contributed by atoms with E-state index < -0.39 is 70.6 Å². The maximum Gasteiger partial charge on any atom is 0.310 e. The van der Waals surface area contributed by atoms with Gasteiger partial charge in [0.1, 0.15) is 6.61 Å². The van der Waals surface area contributed by atoms with Crippen molar-refractivity contribution >= 4 is 23.7 Å². The van der Waals surface area contributed by atoms with Gasteiger partial charge in [0.15, 0.2) is 0 Å². The molecule has 1 saturated carbocycles. The van der Waals surface area contributed by atoms with Gasteiger partial charge in [0.05, 0.1) is 23.4 Å². The highest BCUT2D eigenvalue weighted by molar-refractivity contribution is 5.99. The number of ether oxygens (including phenoxy) is 2. The van der Waals surface area contributed by atoms with Gasteiger partial charge in [-0.15, -0.1) is 0 Å². The number of carbonyl (C=O) groups excluding carboxylic acids is 2. The maximum atomic E-state index is 13.0. The minimum Gasteiger partial charge on any atom is -0.481 e. The van der Waals surface area contributed by atoms with E-state index in [2.05, 4.69) is 0 Å². The number of carbonyl (C=O) groups is 4. The molecule has 0 unspecified atom stereocenters. The number of rotatable bonds is 5. The zero-order chi connectivity index (χ0) is 21.5. The number of allylic oxidation sites excluding steroid dienone is 1. The van der Waals surface area contributed by atoms with Crippen molar-refractivity contribution in [3.8, 4) is 0 Å². The van der Waals surface area contributed by atoms with Crippen molar-refractivity contribution in [1.29, 1.82) is 0 Å². The zero-order valence-corrected chi connectivity index (χ0v) is 16.4. The van der Waals surface area contributed by atoms with E-state index in [1.54, 1.807) is 13.8 Å². The molecule has 0 aromatic heterocycles. The van der Waals surface area contributed by atoms with Gasteiger partial charge in [0.25, 0.3) is 0 Å². The van der Waals surface area contributed by atoms with Gasteiger partial charge in [-0.3, -0.25) is 19.2 Å². The van der Waals surface area contributed by atoms with Gasteiger partial charge in [-0.25, -0.2) is 0 Å². The molecule has 5 rings (SSSR count). The third-order valence-corrected chi connectivity index (χ3v) is 7.97. The van der Waals surface area contributed by atoms with Crippen LogP contribution in [0.25, 0.3) is 0 Å². The van der Waals surface area contributed by atoms with Crippen LogP contribution in [-0.2, 0) is 28.7 Å². The van der Waals surface area contributed by atoms with Gasteiger partial charge < -0.3 is 24.8 Å². The van der Waals surface area contributed by atoms with Gasteiger partial charge in [0, 0.05) is 11.8 Å². The highest BCUT2D eigenvalue weighted by Gasteiger charge is 2.82. The Morgan fingerprint density at radius 2 is 1.97 bits per heavy atom. The van der Waals surface area contributed by atoms with Crippen molar-refractivity contribution in [1.82, 2.24) is 0 Å². The van der Waals surface area contributed by atoms with Gasteiger partial charge in [-0.1, -0.05) is 19.4 Å². The Labute approximate surface area is 166 Å².